The van der Waals surface area contributed by atoms with E-state index in [4.69, 9.17) is 0 Å². The van der Waals surface area contributed by atoms with Gasteiger partial charge in [0, 0.05) is 0 Å². The van der Waals surface area contributed by atoms with Crippen LogP contribution in [0, 0.1) is 0 Å². The van der Waals surface area contributed by atoms with E-state index in [0.29, 0.717) is 0 Å². The van der Waals surface area contributed by atoms with Crippen LogP contribution in [0.4, 0.5) is 0 Å². The van der Waals surface area contributed by atoms with Crippen LogP contribution >= 0.6 is 0 Å². The number of nitrogens with one attached hydrogen (secondary N) is 1. The van der Waals surface area contributed by atoms with Crippen LogP contribution in [0.25, 0.3) is 0 Å². The van der Waals surface area contributed by atoms with Crippen LogP contribution in [0.5, 0.6) is 0 Å². The first-order valence-electron chi connectivity index (χ1n) is 3.98. The zero-order chi connectivity index (χ0) is 7.23. The van der Waals surface area contributed by atoms with Gasteiger partial charge in [0.15, 0.2) is 0 Å². The molecule has 0 unspecified atom stereocenters. The molecule has 1 N–H and O–H groups in total. The average molecular weight is 137 g/mol. The van der Waals surface area contributed by atoms with Crippen molar-refractivity contribution in [2.75, 3.05) is 13.1 Å². The summed E-state index contributed by atoms with van der Waals surface area (Å²) in [7, 11) is 0. The predicted molar refractivity (Wildman–Crippen MR) is 45.0 cm³/mol. The second kappa shape index (κ2) is 4.29. The van der Waals surface area contributed by atoms with E-state index in [1.165, 1.54) is 12.8 Å². The molecule has 0 amide bonds. The molecule has 0 aromatic carbocycles. The normalized spacial score (nSPS) is 15.9. The van der Waals surface area contributed by atoms with E-state index in [2.05, 4.69) is 30.5 Å². The van der Waals surface area contributed by atoms with E-state index in [1.54, 1.807) is 5.57 Å². The third-order valence-corrected chi connectivity index (χ3v) is 1.72. The fraction of sp³-hybridized carbons (Fsp3) is 0.556. The Hall–Kier alpha value is -0.560. The molecule has 1 rings (SSSR count). The van der Waals surface area contributed by atoms with E-state index in [1.807, 2.05) is 0 Å². The van der Waals surface area contributed by atoms with E-state index in [9.17, 15) is 0 Å². The van der Waals surface area contributed by atoms with E-state index in [0.717, 1.165) is 13.1 Å². The Morgan fingerprint density at radius 1 is 1.60 bits per heavy atom. The minimum Gasteiger partial charge on any atom is -0.317 e. The molecule has 0 atom stereocenters. The summed E-state index contributed by atoms with van der Waals surface area (Å²) in [6.07, 6.45) is 8.95. The molecule has 1 aliphatic carbocycles. The van der Waals surface area contributed by atoms with Crippen molar-refractivity contribution in [3.8, 4) is 0 Å². The van der Waals surface area contributed by atoms with Gasteiger partial charge in [-0.3, -0.25) is 0 Å². The number of hydrogen-bond acceptors (Lipinski definition) is 1. The Morgan fingerprint density at radius 3 is 3.10 bits per heavy atom. The lowest BCUT2D eigenvalue weighted by atomic mass is 10.2. The Morgan fingerprint density at radius 2 is 2.50 bits per heavy atom. The lowest BCUT2D eigenvalue weighted by molar-refractivity contribution is 0.709. The minimum atomic E-state index is 1.08. The fourth-order valence-corrected chi connectivity index (χ4v) is 1.10. The summed E-state index contributed by atoms with van der Waals surface area (Å²) in [6.45, 7) is 4.35. The molecule has 0 saturated heterocycles. The highest BCUT2D eigenvalue weighted by molar-refractivity contribution is 5.22. The Kier molecular flexibility index (Phi) is 3.23. The Balaban J connectivity index is 2.04. The van der Waals surface area contributed by atoms with E-state index in [-0.39, 0.29) is 0 Å². The molecule has 10 heavy (non-hydrogen) atoms. The van der Waals surface area contributed by atoms with Gasteiger partial charge in [-0.2, -0.15) is 0 Å². The molecule has 0 heterocycles. The van der Waals surface area contributed by atoms with Gasteiger partial charge in [-0.25, -0.2) is 0 Å². The monoisotopic (exact) mass is 137 g/mol. The molecule has 56 valence electrons. The van der Waals surface area contributed by atoms with Gasteiger partial charge in [-0.15, -0.1) is 0 Å². The fourth-order valence-electron chi connectivity index (χ4n) is 1.10. The molecule has 0 aromatic rings. The van der Waals surface area contributed by atoms with Gasteiger partial charge in [0.05, 0.1) is 0 Å². The van der Waals surface area contributed by atoms with Gasteiger partial charge in [-0.05, 0) is 25.9 Å². The average Bonchev–Trinajstić information content (AvgIpc) is 2.41. The van der Waals surface area contributed by atoms with Crippen molar-refractivity contribution in [1.29, 1.82) is 0 Å². The largest absolute Gasteiger partial charge is 0.317 e. The van der Waals surface area contributed by atoms with Crippen molar-refractivity contribution in [3.05, 3.63) is 23.8 Å². The second-order valence-corrected chi connectivity index (χ2v) is 2.56. The summed E-state index contributed by atoms with van der Waals surface area (Å²) in [4.78, 5) is 0. The molecule has 0 fully saturated rings. The quantitative estimate of drug-likeness (QED) is 0.583. The van der Waals surface area contributed by atoms with Crippen LogP contribution in [0.3, 0.4) is 0 Å². The lowest BCUT2D eigenvalue weighted by Crippen LogP contribution is -2.14. The standard InChI is InChI=1S/C9H15N/c1-2-10-8-7-9-5-3-4-6-9/h3-5,10H,2,6-8H2,1H3. The molecule has 0 aromatic heterocycles. The second-order valence-electron chi connectivity index (χ2n) is 2.56. The smallest absolute Gasteiger partial charge is 0.00115 e. The maximum absolute atomic E-state index is 3.31. The van der Waals surface area contributed by atoms with Gasteiger partial charge < -0.3 is 5.32 Å². The maximum Gasteiger partial charge on any atom is -0.00115 e. The third-order valence-electron chi connectivity index (χ3n) is 1.72. The first-order valence-corrected chi connectivity index (χ1v) is 3.98. The van der Waals surface area contributed by atoms with Crippen molar-refractivity contribution >= 4 is 0 Å². The minimum absolute atomic E-state index is 1.08. The van der Waals surface area contributed by atoms with Crippen LogP contribution in [0.15, 0.2) is 23.8 Å². The first kappa shape index (κ1) is 7.55. The zero-order valence-corrected chi connectivity index (χ0v) is 6.56. The molecule has 0 radical (unpaired) electrons. The molecule has 1 heteroatoms. The van der Waals surface area contributed by atoms with Crippen LogP contribution in [-0.4, -0.2) is 13.1 Å². The van der Waals surface area contributed by atoms with Crippen LogP contribution in [0.2, 0.25) is 0 Å². The van der Waals surface area contributed by atoms with E-state index < -0.39 is 0 Å². The van der Waals surface area contributed by atoms with Crippen molar-refractivity contribution < 1.29 is 0 Å². The summed E-state index contributed by atoms with van der Waals surface area (Å²) in [6, 6.07) is 0. The highest BCUT2D eigenvalue weighted by Crippen LogP contribution is 2.12. The van der Waals surface area contributed by atoms with Gasteiger partial charge in [0.25, 0.3) is 0 Å². The molecule has 0 aliphatic heterocycles. The highest BCUT2D eigenvalue weighted by atomic mass is 14.8. The maximum atomic E-state index is 3.31. The van der Waals surface area contributed by atoms with E-state index >= 15 is 0 Å². The van der Waals surface area contributed by atoms with Crippen molar-refractivity contribution in [3.63, 3.8) is 0 Å². The zero-order valence-electron chi connectivity index (χ0n) is 6.56. The third kappa shape index (κ3) is 2.36. The molecular formula is C9H15N. The molecule has 1 nitrogen and oxygen atoms in total. The Labute approximate surface area is 62.8 Å². The number of allylic oxidation sites excluding steroid dienone is 3. The van der Waals surface area contributed by atoms with Crippen LogP contribution in [0.1, 0.15) is 19.8 Å². The summed E-state index contributed by atoms with van der Waals surface area (Å²) < 4.78 is 0. The number of rotatable bonds is 4. The lowest BCUT2D eigenvalue weighted by Gasteiger charge is -2.00. The first-order chi connectivity index (χ1) is 4.93. The SMILES string of the molecule is CCNCCC1=CC=CC1. The molecule has 0 bridgehead atoms. The van der Waals surface area contributed by atoms with Crippen LogP contribution in [-0.2, 0) is 0 Å². The summed E-state index contributed by atoms with van der Waals surface area (Å²) >= 11 is 0. The predicted octanol–water partition coefficient (Wildman–Crippen LogP) is 1.87. The molecule has 0 spiro atoms. The summed E-state index contributed by atoms with van der Waals surface area (Å²) in [5, 5.41) is 3.31. The van der Waals surface area contributed by atoms with Crippen LogP contribution < -0.4 is 5.32 Å². The Bertz CT molecular complexity index is 145. The summed E-state index contributed by atoms with van der Waals surface area (Å²) in [5.41, 5.74) is 1.56. The van der Waals surface area contributed by atoms with Gasteiger partial charge in [-0.1, -0.05) is 30.7 Å². The number of hydrogen-bond donors (Lipinski definition) is 1. The van der Waals surface area contributed by atoms with Gasteiger partial charge in [0.2, 0.25) is 0 Å². The van der Waals surface area contributed by atoms with Gasteiger partial charge >= 0.3 is 0 Å². The molecule has 0 saturated carbocycles. The van der Waals surface area contributed by atoms with Crippen molar-refractivity contribution in [1.82, 2.24) is 5.32 Å². The van der Waals surface area contributed by atoms with Crippen molar-refractivity contribution in [2.45, 2.75) is 19.8 Å². The highest BCUT2D eigenvalue weighted by Gasteiger charge is 1.96. The summed E-state index contributed by atoms with van der Waals surface area (Å²) in [5.74, 6) is 0. The topological polar surface area (TPSA) is 12.0 Å². The van der Waals surface area contributed by atoms with Crippen molar-refractivity contribution in [2.24, 2.45) is 0 Å². The van der Waals surface area contributed by atoms with Gasteiger partial charge in [0.1, 0.15) is 0 Å². The molecular weight excluding hydrogens is 122 g/mol. The molecule has 1 aliphatic rings.